The first-order valence-corrected chi connectivity index (χ1v) is 9.30. The normalized spacial score (nSPS) is 11.4. The van der Waals surface area contributed by atoms with E-state index in [0.29, 0.717) is 6.54 Å². The summed E-state index contributed by atoms with van der Waals surface area (Å²) in [6, 6.07) is 8.99. The first-order chi connectivity index (χ1) is 11.4. The van der Waals surface area contributed by atoms with Gasteiger partial charge in [-0.15, -0.1) is 0 Å². The van der Waals surface area contributed by atoms with Gasteiger partial charge in [0.15, 0.2) is 0 Å². The van der Waals surface area contributed by atoms with Crippen LogP contribution in [0.25, 0.3) is 0 Å². The molecule has 0 aliphatic carbocycles. The predicted octanol–water partition coefficient (Wildman–Crippen LogP) is 0.945. The van der Waals surface area contributed by atoms with Crippen LogP contribution in [0.3, 0.4) is 0 Å². The van der Waals surface area contributed by atoms with Crippen LogP contribution in [0.1, 0.15) is 17.7 Å². The number of rotatable bonds is 8. The molecule has 0 spiro atoms. The number of carbonyl (C=O) groups excluding carboxylic acids is 1. The van der Waals surface area contributed by atoms with Gasteiger partial charge in [-0.05, 0) is 23.8 Å². The fourth-order valence-corrected chi connectivity index (χ4v) is 2.87. The molecule has 8 heteroatoms. The fraction of sp³-hybridized carbons (Fsp3) is 0.312. The van der Waals surface area contributed by atoms with E-state index < -0.39 is 10.0 Å². The molecule has 0 atom stereocenters. The van der Waals surface area contributed by atoms with Crippen LogP contribution in [0, 0.1) is 0 Å². The third kappa shape index (κ3) is 6.05. The molecule has 2 aromatic heterocycles. The summed E-state index contributed by atoms with van der Waals surface area (Å²) in [6.45, 7) is 0.628. The largest absolute Gasteiger partial charge is 0.350 e. The lowest BCUT2D eigenvalue weighted by molar-refractivity contribution is -0.121. The summed E-state index contributed by atoms with van der Waals surface area (Å²) < 4.78 is 25.1. The Morgan fingerprint density at radius 1 is 1.21 bits per heavy atom. The number of aromatic nitrogens is 2. The highest BCUT2D eigenvalue weighted by atomic mass is 32.2. The quantitative estimate of drug-likeness (QED) is 0.767. The van der Waals surface area contributed by atoms with E-state index in [-0.39, 0.29) is 25.4 Å². The Kier molecular flexibility index (Phi) is 6.39. The van der Waals surface area contributed by atoms with E-state index in [1.807, 2.05) is 12.1 Å². The number of pyridine rings is 2. The van der Waals surface area contributed by atoms with Gasteiger partial charge in [0.05, 0.1) is 18.5 Å². The van der Waals surface area contributed by atoms with Crippen LogP contribution in [0.4, 0.5) is 0 Å². The summed E-state index contributed by atoms with van der Waals surface area (Å²) in [5, 5.41) is 2.73. The fourth-order valence-electron chi connectivity index (χ4n) is 2.06. The number of nitrogens with one attached hydrogen (secondary N) is 1. The van der Waals surface area contributed by atoms with Crippen molar-refractivity contribution >= 4 is 15.9 Å². The van der Waals surface area contributed by atoms with Gasteiger partial charge >= 0.3 is 0 Å². The molecular formula is C16H20N4O3S. The van der Waals surface area contributed by atoms with Crippen LogP contribution >= 0.6 is 0 Å². The number of carbonyl (C=O) groups is 1. The van der Waals surface area contributed by atoms with Gasteiger partial charge in [0.1, 0.15) is 0 Å². The zero-order valence-electron chi connectivity index (χ0n) is 13.4. The van der Waals surface area contributed by atoms with Crippen LogP contribution < -0.4 is 5.32 Å². The van der Waals surface area contributed by atoms with Gasteiger partial charge < -0.3 is 5.32 Å². The second-order valence-electron chi connectivity index (χ2n) is 5.31. The van der Waals surface area contributed by atoms with Gasteiger partial charge in [-0.2, -0.15) is 4.31 Å². The molecule has 2 rings (SSSR count). The summed E-state index contributed by atoms with van der Waals surface area (Å²) in [7, 11) is -3.41. The second kappa shape index (κ2) is 8.51. The lowest BCUT2D eigenvalue weighted by Crippen LogP contribution is -2.34. The van der Waals surface area contributed by atoms with Crippen molar-refractivity contribution in [3.05, 3.63) is 60.2 Å². The summed E-state index contributed by atoms with van der Waals surface area (Å²) in [5.41, 5.74) is 1.53. The number of nitrogens with zero attached hydrogens (tertiary/aromatic N) is 3. The Balaban J connectivity index is 1.87. The molecule has 0 radical (unpaired) electrons. The Hall–Kier alpha value is -2.32. The van der Waals surface area contributed by atoms with Crippen molar-refractivity contribution < 1.29 is 13.2 Å². The highest BCUT2D eigenvalue weighted by Gasteiger charge is 2.18. The molecule has 0 saturated heterocycles. The Labute approximate surface area is 141 Å². The van der Waals surface area contributed by atoms with E-state index in [9.17, 15) is 13.2 Å². The van der Waals surface area contributed by atoms with E-state index in [0.717, 1.165) is 17.5 Å². The van der Waals surface area contributed by atoms with Gasteiger partial charge in [-0.3, -0.25) is 14.8 Å². The minimum Gasteiger partial charge on any atom is -0.350 e. The second-order valence-corrected chi connectivity index (χ2v) is 7.29. The van der Waals surface area contributed by atoms with Gasteiger partial charge in [-0.1, -0.05) is 12.1 Å². The molecule has 0 aliphatic heterocycles. The molecule has 0 fully saturated rings. The molecule has 0 aliphatic rings. The molecule has 0 aromatic carbocycles. The Morgan fingerprint density at radius 2 is 2.04 bits per heavy atom. The van der Waals surface area contributed by atoms with Crippen molar-refractivity contribution in [1.29, 1.82) is 0 Å². The highest BCUT2D eigenvalue weighted by molar-refractivity contribution is 7.88. The molecule has 24 heavy (non-hydrogen) atoms. The van der Waals surface area contributed by atoms with Crippen LogP contribution in [-0.2, 0) is 27.9 Å². The molecule has 0 bridgehead atoms. The maximum Gasteiger partial charge on any atom is 0.221 e. The zero-order valence-corrected chi connectivity index (χ0v) is 14.2. The Bertz CT molecular complexity index is 751. The molecule has 1 N–H and O–H groups in total. The number of amides is 1. The minimum atomic E-state index is -3.41. The van der Waals surface area contributed by atoms with Gasteiger partial charge in [0.25, 0.3) is 0 Å². The lowest BCUT2D eigenvalue weighted by Gasteiger charge is -2.19. The third-order valence-electron chi connectivity index (χ3n) is 3.33. The molecule has 0 saturated carbocycles. The number of hydrogen-bond donors (Lipinski definition) is 1. The molecule has 2 heterocycles. The van der Waals surface area contributed by atoms with Crippen LogP contribution in [0.15, 0.2) is 48.9 Å². The van der Waals surface area contributed by atoms with Crippen molar-refractivity contribution in [2.75, 3.05) is 12.8 Å². The summed E-state index contributed by atoms with van der Waals surface area (Å²) in [4.78, 5) is 20.0. The van der Waals surface area contributed by atoms with Crippen LogP contribution in [0.2, 0.25) is 0 Å². The van der Waals surface area contributed by atoms with Crippen molar-refractivity contribution in [1.82, 2.24) is 19.6 Å². The monoisotopic (exact) mass is 348 g/mol. The van der Waals surface area contributed by atoms with E-state index in [4.69, 9.17) is 0 Å². The van der Waals surface area contributed by atoms with E-state index >= 15 is 0 Å². The maximum atomic E-state index is 11.9. The lowest BCUT2D eigenvalue weighted by atomic mass is 10.3. The molecule has 0 unspecified atom stereocenters. The predicted molar refractivity (Wildman–Crippen MR) is 90.2 cm³/mol. The third-order valence-corrected chi connectivity index (χ3v) is 4.58. The molecule has 2 aromatic rings. The minimum absolute atomic E-state index is 0.0835. The van der Waals surface area contributed by atoms with E-state index in [2.05, 4.69) is 15.3 Å². The first-order valence-electron chi connectivity index (χ1n) is 7.46. The van der Waals surface area contributed by atoms with Crippen molar-refractivity contribution in [3.8, 4) is 0 Å². The number of hydrogen-bond acceptors (Lipinski definition) is 5. The summed E-state index contributed by atoms with van der Waals surface area (Å²) in [6.07, 6.45) is 6.11. The van der Waals surface area contributed by atoms with Gasteiger partial charge in [0, 0.05) is 38.1 Å². The van der Waals surface area contributed by atoms with Crippen molar-refractivity contribution in [3.63, 3.8) is 0 Å². The topological polar surface area (TPSA) is 92.3 Å². The van der Waals surface area contributed by atoms with E-state index in [1.165, 1.54) is 4.31 Å². The first kappa shape index (κ1) is 18.0. The average molecular weight is 348 g/mol. The molecule has 128 valence electrons. The van der Waals surface area contributed by atoms with E-state index in [1.54, 1.807) is 36.8 Å². The van der Waals surface area contributed by atoms with Gasteiger partial charge in [0.2, 0.25) is 15.9 Å². The van der Waals surface area contributed by atoms with Crippen molar-refractivity contribution in [2.45, 2.75) is 19.5 Å². The highest BCUT2D eigenvalue weighted by Crippen LogP contribution is 2.08. The Morgan fingerprint density at radius 3 is 2.67 bits per heavy atom. The SMILES string of the molecule is CS(=O)(=O)N(CCC(=O)NCc1ccccn1)Cc1cccnc1. The zero-order chi connectivity index (χ0) is 17.4. The number of sulfonamides is 1. The summed E-state index contributed by atoms with van der Waals surface area (Å²) >= 11 is 0. The molecular weight excluding hydrogens is 328 g/mol. The van der Waals surface area contributed by atoms with Gasteiger partial charge in [-0.25, -0.2) is 8.42 Å². The van der Waals surface area contributed by atoms with Crippen LogP contribution in [0.5, 0.6) is 0 Å². The average Bonchev–Trinajstić information content (AvgIpc) is 2.57. The summed E-state index contributed by atoms with van der Waals surface area (Å²) in [5.74, 6) is -0.222. The standard InChI is InChI=1S/C16H20N4O3S/c1-24(22,23)20(13-14-5-4-8-17-11-14)10-7-16(21)19-12-15-6-2-3-9-18-15/h2-6,8-9,11H,7,10,12-13H2,1H3,(H,19,21). The maximum absolute atomic E-state index is 11.9. The van der Waals surface area contributed by atoms with Crippen LogP contribution in [-0.4, -0.2) is 41.4 Å². The molecule has 1 amide bonds. The molecule has 7 nitrogen and oxygen atoms in total. The smallest absolute Gasteiger partial charge is 0.221 e. The van der Waals surface area contributed by atoms with Crippen molar-refractivity contribution in [2.24, 2.45) is 0 Å².